The minimum atomic E-state index is -0.479. The molecule has 1 aliphatic heterocycles. The summed E-state index contributed by atoms with van der Waals surface area (Å²) in [6.07, 6.45) is -0.181. The zero-order chi connectivity index (χ0) is 13.4. The molecule has 1 aliphatic rings. The molecular weight excluding hydrogens is 267 g/mol. The molecule has 2 aromatic carbocycles. The fourth-order valence-electron chi connectivity index (χ4n) is 2.17. The molecule has 96 valence electrons. The van der Waals surface area contributed by atoms with E-state index in [1.165, 1.54) is 12.1 Å². The van der Waals surface area contributed by atoms with Gasteiger partial charge in [0.05, 0.1) is 17.0 Å². The van der Waals surface area contributed by atoms with E-state index in [-0.39, 0.29) is 17.2 Å². The highest BCUT2D eigenvalue weighted by molar-refractivity contribution is 6.30. The van der Waals surface area contributed by atoms with Crippen LogP contribution < -0.4 is 4.74 Å². The van der Waals surface area contributed by atoms with E-state index in [4.69, 9.17) is 16.3 Å². The maximum atomic E-state index is 13.1. The fourth-order valence-corrected chi connectivity index (χ4v) is 2.36. The van der Waals surface area contributed by atoms with Gasteiger partial charge in [-0.2, -0.15) is 0 Å². The quantitative estimate of drug-likeness (QED) is 0.781. The molecule has 0 spiro atoms. The van der Waals surface area contributed by atoms with Crippen LogP contribution in [0.4, 0.5) is 4.39 Å². The Morgan fingerprint density at radius 3 is 2.79 bits per heavy atom. The molecule has 2 nitrogen and oxygen atoms in total. The van der Waals surface area contributed by atoms with Crippen molar-refractivity contribution in [3.8, 4) is 5.75 Å². The number of benzene rings is 2. The Morgan fingerprint density at radius 1 is 1.21 bits per heavy atom. The van der Waals surface area contributed by atoms with Crippen LogP contribution in [-0.4, -0.2) is 5.78 Å². The summed E-state index contributed by atoms with van der Waals surface area (Å²) in [5.74, 6) is 0.101. The van der Waals surface area contributed by atoms with Crippen LogP contribution in [0.25, 0.3) is 0 Å². The molecule has 0 saturated heterocycles. The second-order valence-corrected chi connectivity index (χ2v) is 4.81. The summed E-state index contributed by atoms with van der Waals surface area (Å²) in [7, 11) is 0. The summed E-state index contributed by atoms with van der Waals surface area (Å²) in [6.45, 7) is 0. The Labute approximate surface area is 114 Å². The van der Waals surface area contributed by atoms with Gasteiger partial charge in [-0.3, -0.25) is 4.79 Å². The Morgan fingerprint density at radius 2 is 2.00 bits per heavy atom. The highest BCUT2D eigenvalue weighted by Gasteiger charge is 2.27. The molecule has 1 atom stereocenters. The molecular formula is C15H10ClFO2. The van der Waals surface area contributed by atoms with E-state index in [1.54, 1.807) is 24.3 Å². The van der Waals surface area contributed by atoms with Crippen LogP contribution in [0.5, 0.6) is 5.75 Å². The average molecular weight is 277 g/mol. The number of carbonyl (C=O) groups excluding carboxylic acids is 1. The number of ketones is 1. The maximum absolute atomic E-state index is 13.1. The zero-order valence-electron chi connectivity index (χ0n) is 9.90. The molecule has 0 fully saturated rings. The normalized spacial score (nSPS) is 17.8. The number of rotatable bonds is 1. The van der Waals surface area contributed by atoms with Crippen LogP contribution in [0.15, 0.2) is 42.5 Å². The van der Waals surface area contributed by atoms with E-state index < -0.39 is 11.9 Å². The van der Waals surface area contributed by atoms with Crippen LogP contribution in [0, 0.1) is 5.82 Å². The predicted octanol–water partition coefficient (Wildman–Crippen LogP) is 4.19. The summed E-state index contributed by atoms with van der Waals surface area (Å²) in [5, 5.41) is 0.0346. The molecule has 0 saturated carbocycles. The zero-order valence-corrected chi connectivity index (χ0v) is 10.7. The predicted molar refractivity (Wildman–Crippen MR) is 70.2 cm³/mol. The maximum Gasteiger partial charge on any atom is 0.170 e. The molecule has 0 amide bonds. The number of fused-ring (bicyclic) bond motifs is 1. The summed E-state index contributed by atoms with van der Waals surface area (Å²) >= 11 is 5.75. The van der Waals surface area contributed by atoms with E-state index in [0.717, 1.165) is 0 Å². The highest BCUT2D eigenvalue weighted by Crippen LogP contribution is 2.35. The Balaban J connectivity index is 1.96. The van der Waals surface area contributed by atoms with Gasteiger partial charge in [-0.15, -0.1) is 0 Å². The third-order valence-corrected chi connectivity index (χ3v) is 3.43. The van der Waals surface area contributed by atoms with Crippen LogP contribution in [0.2, 0.25) is 5.02 Å². The molecule has 0 N–H and O–H groups in total. The number of hydrogen-bond acceptors (Lipinski definition) is 2. The van der Waals surface area contributed by atoms with Crippen LogP contribution in [0.1, 0.15) is 28.4 Å². The Hall–Kier alpha value is -1.87. The number of ether oxygens (including phenoxy) is 1. The number of para-hydroxylation sites is 1. The van der Waals surface area contributed by atoms with E-state index in [9.17, 15) is 9.18 Å². The molecule has 0 aliphatic carbocycles. The lowest BCUT2D eigenvalue weighted by Crippen LogP contribution is -2.20. The van der Waals surface area contributed by atoms with E-state index >= 15 is 0 Å². The van der Waals surface area contributed by atoms with Crippen molar-refractivity contribution in [2.45, 2.75) is 12.5 Å². The van der Waals surface area contributed by atoms with Gasteiger partial charge in [0.25, 0.3) is 0 Å². The topological polar surface area (TPSA) is 26.3 Å². The average Bonchev–Trinajstić information content (AvgIpc) is 2.42. The monoisotopic (exact) mass is 276 g/mol. The lowest BCUT2D eigenvalue weighted by Gasteiger charge is -2.25. The standard InChI is InChI=1S/C15H10ClFO2/c16-11-7-9(5-6-12(11)17)15-8-13(18)10-3-1-2-4-14(10)19-15/h1-7,15H,8H2. The third-order valence-electron chi connectivity index (χ3n) is 3.14. The van der Waals surface area contributed by atoms with E-state index in [1.807, 2.05) is 6.07 Å². The first-order valence-electron chi connectivity index (χ1n) is 5.89. The molecule has 2 aromatic rings. The van der Waals surface area contributed by atoms with Gasteiger partial charge in [0, 0.05) is 0 Å². The van der Waals surface area contributed by atoms with Crippen molar-refractivity contribution in [2.24, 2.45) is 0 Å². The van der Waals surface area contributed by atoms with Crippen LogP contribution in [-0.2, 0) is 0 Å². The van der Waals surface area contributed by atoms with Crippen LogP contribution in [0.3, 0.4) is 0 Å². The molecule has 4 heteroatoms. The lowest BCUT2D eigenvalue weighted by atomic mass is 9.96. The van der Waals surface area contributed by atoms with Crippen molar-refractivity contribution < 1.29 is 13.9 Å². The van der Waals surface area contributed by atoms with Crippen molar-refractivity contribution in [3.05, 3.63) is 64.4 Å². The first kappa shape index (κ1) is 12.2. The second kappa shape index (κ2) is 4.67. The molecule has 0 bridgehead atoms. The van der Waals surface area contributed by atoms with Crippen LogP contribution >= 0.6 is 11.6 Å². The number of halogens is 2. The SMILES string of the molecule is O=C1CC(c2ccc(F)c(Cl)c2)Oc2ccccc21. The first-order valence-corrected chi connectivity index (χ1v) is 6.27. The minimum absolute atomic E-state index is 0.0206. The molecule has 19 heavy (non-hydrogen) atoms. The number of Topliss-reactive ketones (excluding diaryl/α,β-unsaturated/α-hetero) is 1. The van der Waals surface area contributed by atoms with Gasteiger partial charge in [-0.25, -0.2) is 4.39 Å². The van der Waals surface area contributed by atoms with Gasteiger partial charge < -0.3 is 4.74 Å². The minimum Gasteiger partial charge on any atom is -0.484 e. The van der Waals surface area contributed by atoms with Crippen molar-refractivity contribution in [1.29, 1.82) is 0 Å². The highest BCUT2D eigenvalue weighted by atomic mass is 35.5. The van der Waals surface area contributed by atoms with Gasteiger partial charge >= 0.3 is 0 Å². The second-order valence-electron chi connectivity index (χ2n) is 4.40. The first-order chi connectivity index (χ1) is 9.15. The molecule has 1 unspecified atom stereocenters. The lowest BCUT2D eigenvalue weighted by molar-refractivity contribution is 0.0850. The van der Waals surface area contributed by atoms with Gasteiger partial charge in [-0.1, -0.05) is 29.8 Å². The van der Waals surface area contributed by atoms with E-state index in [2.05, 4.69) is 0 Å². The summed E-state index contributed by atoms with van der Waals surface area (Å²) in [4.78, 5) is 12.0. The van der Waals surface area contributed by atoms with Crippen molar-refractivity contribution in [2.75, 3.05) is 0 Å². The van der Waals surface area contributed by atoms with Gasteiger partial charge in [-0.05, 0) is 29.8 Å². The van der Waals surface area contributed by atoms with E-state index in [0.29, 0.717) is 16.9 Å². The fraction of sp³-hybridized carbons (Fsp3) is 0.133. The third kappa shape index (κ3) is 2.22. The number of carbonyl (C=O) groups is 1. The molecule has 1 heterocycles. The van der Waals surface area contributed by atoms with Gasteiger partial charge in [0.2, 0.25) is 0 Å². The smallest absolute Gasteiger partial charge is 0.170 e. The number of hydrogen-bond donors (Lipinski definition) is 0. The summed E-state index contributed by atoms with van der Waals surface area (Å²) < 4.78 is 18.9. The van der Waals surface area contributed by atoms with Crippen molar-refractivity contribution in [3.63, 3.8) is 0 Å². The Kier molecular flexibility index (Phi) is 2.99. The molecule has 0 aromatic heterocycles. The molecule has 0 radical (unpaired) electrons. The summed E-state index contributed by atoms with van der Waals surface area (Å²) in [5.41, 5.74) is 1.29. The van der Waals surface area contributed by atoms with Gasteiger partial charge in [0.15, 0.2) is 5.78 Å². The van der Waals surface area contributed by atoms with Crippen molar-refractivity contribution >= 4 is 17.4 Å². The Bertz CT molecular complexity index is 654. The molecule has 3 rings (SSSR count). The largest absolute Gasteiger partial charge is 0.484 e. The van der Waals surface area contributed by atoms with Gasteiger partial charge in [0.1, 0.15) is 17.7 Å². The van der Waals surface area contributed by atoms with Crippen molar-refractivity contribution in [1.82, 2.24) is 0 Å². The summed E-state index contributed by atoms with van der Waals surface area (Å²) in [6, 6.07) is 11.5.